The molecule has 0 amide bonds. The molecule has 3 heteroatoms. The molecule has 9 rings (SSSR count). The molecule has 2 aromatic heterocycles. The van der Waals surface area contributed by atoms with Gasteiger partial charge in [0.05, 0.1) is 11.2 Å². The van der Waals surface area contributed by atoms with Crippen LogP contribution in [-0.4, -0.2) is 9.97 Å². The van der Waals surface area contributed by atoms with Crippen molar-refractivity contribution in [2.24, 2.45) is 0 Å². The molecule has 49 heavy (non-hydrogen) atoms. The average molecular weight is 629 g/mol. The fraction of sp³-hybridized carbons (Fsp3) is 0.0435. The highest BCUT2D eigenvalue weighted by atomic mass is 16.3. The number of benzene rings is 7. The third kappa shape index (κ3) is 5.17. The molecule has 7 aromatic carbocycles. The first kappa shape index (κ1) is 28.9. The number of hydrogen-bond acceptors (Lipinski definition) is 3. The van der Waals surface area contributed by atoms with Gasteiger partial charge in [-0.3, -0.25) is 0 Å². The lowest BCUT2D eigenvalue weighted by molar-refractivity contribution is 0.668. The van der Waals surface area contributed by atoms with Gasteiger partial charge in [0.1, 0.15) is 11.2 Å². The fourth-order valence-electron chi connectivity index (χ4n) is 7.18. The molecule has 0 aliphatic rings. The van der Waals surface area contributed by atoms with Crippen LogP contribution >= 0.6 is 0 Å². The van der Waals surface area contributed by atoms with E-state index in [1.54, 1.807) is 0 Å². The van der Waals surface area contributed by atoms with Crippen LogP contribution in [0.2, 0.25) is 0 Å². The van der Waals surface area contributed by atoms with Crippen molar-refractivity contribution in [1.82, 2.24) is 9.97 Å². The molecule has 9 aromatic rings. The van der Waals surface area contributed by atoms with Gasteiger partial charge in [0.25, 0.3) is 0 Å². The summed E-state index contributed by atoms with van der Waals surface area (Å²) in [5, 5.41) is 3.13. The van der Waals surface area contributed by atoms with Crippen LogP contribution in [-0.2, 0) is 6.42 Å². The van der Waals surface area contributed by atoms with Gasteiger partial charge in [-0.15, -0.1) is 0 Å². The number of aryl methyl sites for hydroxylation is 1. The molecule has 0 spiro atoms. The summed E-state index contributed by atoms with van der Waals surface area (Å²) in [6.07, 6.45) is 0.776. The van der Waals surface area contributed by atoms with E-state index in [9.17, 15) is 0 Å². The predicted molar refractivity (Wildman–Crippen MR) is 203 cm³/mol. The number of rotatable bonds is 6. The van der Waals surface area contributed by atoms with Crippen molar-refractivity contribution in [1.29, 1.82) is 0 Å². The van der Waals surface area contributed by atoms with E-state index in [2.05, 4.69) is 140 Å². The molecule has 3 nitrogen and oxygen atoms in total. The first-order chi connectivity index (χ1) is 24.2. The van der Waals surface area contributed by atoms with Gasteiger partial charge in [-0.2, -0.15) is 0 Å². The topological polar surface area (TPSA) is 38.9 Å². The van der Waals surface area contributed by atoms with Crippen molar-refractivity contribution < 1.29 is 4.42 Å². The maximum Gasteiger partial charge on any atom is 0.161 e. The lowest BCUT2D eigenvalue weighted by Gasteiger charge is -2.18. The molecule has 0 radical (unpaired) electrons. The second-order valence-electron chi connectivity index (χ2n) is 12.6. The molecule has 232 valence electrons. The second kappa shape index (κ2) is 12.0. The Morgan fingerprint density at radius 1 is 0.510 bits per heavy atom. The van der Waals surface area contributed by atoms with Gasteiger partial charge in [0.2, 0.25) is 0 Å². The van der Waals surface area contributed by atoms with Crippen molar-refractivity contribution in [3.63, 3.8) is 0 Å². The Bertz CT molecular complexity index is 2640. The minimum atomic E-state index is 0.690. The van der Waals surface area contributed by atoms with Crippen molar-refractivity contribution in [2.75, 3.05) is 0 Å². The van der Waals surface area contributed by atoms with Crippen LogP contribution in [0.3, 0.4) is 0 Å². The molecule has 0 aliphatic heterocycles. The lowest BCUT2D eigenvalue weighted by atomic mass is 9.86. The zero-order valence-electron chi connectivity index (χ0n) is 27.1. The molecule has 2 heterocycles. The molecular formula is C46H32N2O. The molecule has 0 atom stereocenters. The maximum absolute atomic E-state index is 6.57. The number of hydrogen-bond donors (Lipinski definition) is 0. The van der Waals surface area contributed by atoms with Crippen LogP contribution < -0.4 is 0 Å². The van der Waals surface area contributed by atoms with Crippen LogP contribution in [0.5, 0.6) is 0 Å². The predicted octanol–water partition coefficient (Wildman–Crippen LogP) is 12.1. The van der Waals surface area contributed by atoms with Crippen LogP contribution in [0.15, 0.2) is 168 Å². The van der Waals surface area contributed by atoms with E-state index in [1.807, 2.05) is 30.3 Å². The SMILES string of the molecule is Cc1ccccc1-c1c(Cc2ccc3c(c2)oc2cccc(-c4nc(-c5ccccc5)c5ccccc5n4)c23)cccc1-c1ccccc1. The molecule has 0 N–H and O–H groups in total. The van der Waals surface area contributed by atoms with E-state index in [1.165, 1.54) is 38.9 Å². The molecule has 0 saturated heterocycles. The first-order valence-corrected chi connectivity index (χ1v) is 16.7. The number of furan rings is 1. The number of aromatic nitrogens is 2. The Morgan fingerprint density at radius 3 is 2.04 bits per heavy atom. The summed E-state index contributed by atoms with van der Waals surface area (Å²) in [6, 6.07) is 57.4. The van der Waals surface area contributed by atoms with Crippen molar-refractivity contribution in [3.05, 3.63) is 180 Å². The molecular weight excluding hydrogens is 597 g/mol. The third-order valence-electron chi connectivity index (χ3n) is 9.50. The zero-order chi connectivity index (χ0) is 32.7. The lowest BCUT2D eigenvalue weighted by Crippen LogP contribution is -1.97. The van der Waals surface area contributed by atoms with Crippen LogP contribution in [0.4, 0.5) is 0 Å². The fourth-order valence-corrected chi connectivity index (χ4v) is 7.18. The van der Waals surface area contributed by atoms with E-state index in [0.29, 0.717) is 5.82 Å². The van der Waals surface area contributed by atoms with Crippen molar-refractivity contribution in [3.8, 4) is 44.9 Å². The Balaban J connectivity index is 1.17. The van der Waals surface area contributed by atoms with E-state index >= 15 is 0 Å². The van der Waals surface area contributed by atoms with Crippen molar-refractivity contribution in [2.45, 2.75) is 13.3 Å². The highest BCUT2D eigenvalue weighted by molar-refractivity contribution is 6.12. The van der Waals surface area contributed by atoms with Gasteiger partial charge in [-0.1, -0.05) is 146 Å². The molecule has 0 unspecified atom stereocenters. The van der Waals surface area contributed by atoms with Crippen LogP contribution in [0, 0.1) is 6.92 Å². The Morgan fingerprint density at radius 2 is 1.20 bits per heavy atom. The minimum Gasteiger partial charge on any atom is -0.456 e. The Kier molecular flexibility index (Phi) is 7.09. The Hall–Kier alpha value is -6.32. The zero-order valence-corrected chi connectivity index (χ0v) is 27.1. The second-order valence-corrected chi connectivity index (χ2v) is 12.6. The normalized spacial score (nSPS) is 11.4. The van der Waals surface area contributed by atoms with Gasteiger partial charge in [0.15, 0.2) is 5.82 Å². The van der Waals surface area contributed by atoms with Gasteiger partial charge < -0.3 is 4.42 Å². The Labute approximate surface area is 285 Å². The monoisotopic (exact) mass is 628 g/mol. The summed E-state index contributed by atoms with van der Waals surface area (Å²) >= 11 is 0. The van der Waals surface area contributed by atoms with E-state index in [-0.39, 0.29) is 0 Å². The third-order valence-corrected chi connectivity index (χ3v) is 9.50. The van der Waals surface area contributed by atoms with Gasteiger partial charge in [-0.05, 0) is 70.5 Å². The van der Waals surface area contributed by atoms with Gasteiger partial charge in [-0.25, -0.2) is 9.97 Å². The maximum atomic E-state index is 6.57. The van der Waals surface area contributed by atoms with Crippen LogP contribution in [0.1, 0.15) is 16.7 Å². The van der Waals surface area contributed by atoms with E-state index in [4.69, 9.17) is 14.4 Å². The summed E-state index contributed by atoms with van der Waals surface area (Å²) in [6.45, 7) is 2.20. The molecule has 0 fully saturated rings. The first-order valence-electron chi connectivity index (χ1n) is 16.7. The number of para-hydroxylation sites is 1. The largest absolute Gasteiger partial charge is 0.456 e. The van der Waals surface area contributed by atoms with Gasteiger partial charge >= 0.3 is 0 Å². The standard InChI is InChI=1S/C46H32N2O/c1-30-14-8-9-20-35(30)43-34(19-12-22-36(43)32-15-4-2-5-16-32)28-31-26-27-38-42(29-31)49-41-25-13-23-39(44(38)41)46-47-40-24-11-10-21-37(40)45(48-46)33-17-6-3-7-18-33/h2-27,29H,28H2,1H3. The van der Waals surface area contributed by atoms with Crippen LogP contribution in [0.25, 0.3) is 77.7 Å². The minimum absolute atomic E-state index is 0.690. The van der Waals surface area contributed by atoms with Crippen molar-refractivity contribution >= 4 is 32.8 Å². The summed E-state index contributed by atoms with van der Waals surface area (Å²) < 4.78 is 6.57. The summed E-state index contributed by atoms with van der Waals surface area (Å²) in [5.74, 6) is 0.690. The quantitative estimate of drug-likeness (QED) is 0.184. The molecule has 0 bridgehead atoms. The highest BCUT2D eigenvalue weighted by Crippen LogP contribution is 2.40. The summed E-state index contributed by atoms with van der Waals surface area (Å²) in [5.41, 5.74) is 14.3. The number of nitrogens with zero attached hydrogens (tertiary/aromatic N) is 2. The number of fused-ring (bicyclic) bond motifs is 4. The smallest absolute Gasteiger partial charge is 0.161 e. The van der Waals surface area contributed by atoms with E-state index in [0.717, 1.165) is 56.1 Å². The molecule has 0 aliphatic carbocycles. The van der Waals surface area contributed by atoms with E-state index < -0.39 is 0 Å². The average Bonchev–Trinajstić information content (AvgIpc) is 3.53. The molecule has 0 saturated carbocycles. The van der Waals surface area contributed by atoms with Gasteiger partial charge in [0, 0.05) is 27.3 Å². The summed E-state index contributed by atoms with van der Waals surface area (Å²) in [7, 11) is 0. The highest BCUT2D eigenvalue weighted by Gasteiger charge is 2.19. The summed E-state index contributed by atoms with van der Waals surface area (Å²) in [4.78, 5) is 10.2.